The molecule has 1 aliphatic heterocycles. The zero-order valence-electron chi connectivity index (χ0n) is 10.9. The van der Waals surface area contributed by atoms with Crippen LogP contribution in [-0.2, 0) is 0 Å². The van der Waals surface area contributed by atoms with E-state index in [-0.39, 0.29) is 12.1 Å². The number of rotatable bonds is 2. The number of hydrogen-bond acceptors (Lipinski definition) is 2. The molecule has 1 aromatic heterocycles. The molecule has 1 N–H and O–H groups in total. The molecule has 4 nitrogen and oxygen atoms in total. The Bertz CT molecular complexity index is 580. The monoisotopic (exact) mass is 290 g/mol. The fourth-order valence-electron chi connectivity index (χ4n) is 2.51. The number of likely N-dealkylation sites (tertiary alicyclic amines) is 1. The number of amides is 2. The highest BCUT2D eigenvalue weighted by Gasteiger charge is 2.31. The standard InChI is InChI=1S/C15H15ClN2O2/c16-11-5-7-12(8-6-11)17-15(19)18-9-1-3-13(18)14-4-2-10-20-14/h2,4-8,10,13H,1,3,9H2,(H,17,19). The molecule has 1 saturated heterocycles. The van der Waals surface area contributed by atoms with Gasteiger partial charge in [-0.3, -0.25) is 0 Å². The molecule has 20 heavy (non-hydrogen) atoms. The van der Waals surface area contributed by atoms with E-state index in [2.05, 4.69) is 5.32 Å². The van der Waals surface area contributed by atoms with Crippen LogP contribution in [0.15, 0.2) is 47.1 Å². The first-order valence-corrected chi connectivity index (χ1v) is 6.98. The topological polar surface area (TPSA) is 45.5 Å². The maximum atomic E-state index is 12.3. The Balaban J connectivity index is 1.71. The second-order valence-corrected chi connectivity index (χ2v) is 5.24. The molecule has 1 atom stereocenters. The van der Waals surface area contributed by atoms with E-state index in [0.29, 0.717) is 5.02 Å². The van der Waals surface area contributed by atoms with Crippen LogP contribution in [0.4, 0.5) is 10.5 Å². The molecule has 0 radical (unpaired) electrons. The number of carbonyl (C=O) groups is 1. The molecule has 0 bridgehead atoms. The lowest BCUT2D eigenvalue weighted by atomic mass is 10.2. The van der Waals surface area contributed by atoms with Gasteiger partial charge in [0, 0.05) is 17.3 Å². The first-order chi connectivity index (χ1) is 9.74. The van der Waals surface area contributed by atoms with E-state index in [4.69, 9.17) is 16.0 Å². The Morgan fingerprint density at radius 1 is 1.30 bits per heavy atom. The van der Waals surface area contributed by atoms with Crippen molar-refractivity contribution in [3.8, 4) is 0 Å². The lowest BCUT2D eigenvalue weighted by molar-refractivity contribution is 0.200. The van der Waals surface area contributed by atoms with Gasteiger partial charge in [0.2, 0.25) is 0 Å². The maximum absolute atomic E-state index is 12.3. The van der Waals surface area contributed by atoms with Gasteiger partial charge in [0.1, 0.15) is 5.76 Å². The fraction of sp³-hybridized carbons (Fsp3) is 0.267. The van der Waals surface area contributed by atoms with Crippen molar-refractivity contribution in [3.05, 3.63) is 53.4 Å². The zero-order chi connectivity index (χ0) is 13.9. The minimum atomic E-state index is -0.105. The molecular weight excluding hydrogens is 276 g/mol. The van der Waals surface area contributed by atoms with Crippen LogP contribution >= 0.6 is 11.6 Å². The summed E-state index contributed by atoms with van der Waals surface area (Å²) in [6.07, 6.45) is 3.56. The summed E-state index contributed by atoms with van der Waals surface area (Å²) in [5.41, 5.74) is 0.740. The van der Waals surface area contributed by atoms with Gasteiger partial charge in [-0.05, 0) is 49.2 Å². The molecule has 0 saturated carbocycles. The predicted molar refractivity (Wildman–Crippen MR) is 77.9 cm³/mol. The molecule has 2 heterocycles. The summed E-state index contributed by atoms with van der Waals surface area (Å²) >= 11 is 5.83. The highest BCUT2D eigenvalue weighted by Crippen LogP contribution is 2.32. The summed E-state index contributed by atoms with van der Waals surface area (Å²) in [6.45, 7) is 0.741. The second kappa shape index (κ2) is 5.59. The average molecular weight is 291 g/mol. The first-order valence-electron chi connectivity index (χ1n) is 6.60. The summed E-state index contributed by atoms with van der Waals surface area (Å²) in [6, 6.07) is 10.8. The quantitative estimate of drug-likeness (QED) is 0.896. The largest absolute Gasteiger partial charge is 0.467 e. The summed E-state index contributed by atoms with van der Waals surface area (Å²) in [7, 11) is 0. The van der Waals surface area contributed by atoms with Gasteiger partial charge < -0.3 is 14.6 Å². The molecule has 2 amide bonds. The third-order valence-electron chi connectivity index (χ3n) is 3.48. The van der Waals surface area contributed by atoms with Crippen molar-refractivity contribution in [1.82, 2.24) is 4.90 Å². The molecule has 1 aromatic carbocycles. The van der Waals surface area contributed by atoms with Crippen LogP contribution in [0.1, 0.15) is 24.6 Å². The molecule has 1 aliphatic rings. The molecular formula is C15H15ClN2O2. The minimum absolute atomic E-state index is 0.0253. The van der Waals surface area contributed by atoms with Crippen molar-refractivity contribution in [2.24, 2.45) is 0 Å². The molecule has 5 heteroatoms. The predicted octanol–water partition coefficient (Wildman–Crippen LogP) is 4.30. The van der Waals surface area contributed by atoms with Crippen molar-refractivity contribution >= 4 is 23.3 Å². The third-order valence-corrected chi connectivity index (χ3v) is 3.73. The van der Waals surface area contributed by atoms with E-state index in [9.17, 15) is 4.79 Å². The smallest absolute Gasteiger partial charge is 0.322 e. The Labute approximate surface area is 122 Å². The zero-order valence-corrected chi connectivity index (χ0v) is 11.6. The van der Waals surface area contributed by atoms with Crippen LogP contribution in [0, 0.1) is 0 Å². The fourth-order valence-corrected chi connectivity index (χ4v) is 2.64. The minimum Gasteiger partial charge on any atom is -0.467 e. The van der Waals surface area contributed by atoms with Gasteiger partial charge in [0.05, 0.1) is 12.3 Å². The van der Waals surface area contributed by atoms with Crippen LogP contribution in [0.3, 0.4) is 0 Å². The number of anilines is 1. The Kier molecular flexibility index (Phi) is 3.65. The van der Waals surface area contributed by atoms with E-state index < -0.39 is 0 Å². The van der Waals surface area contributed by atoms with E-state index in [0.717, 1.165) is 30.8 Å². The molecule has 0 spiro atoms. The number of benzene rings is 1. The second-order valence-electron chi connectivity index (χ2n) is 4.80. The number of nitrogens with zero attached hydrogens (tertiary/aromatic N) is 1. The molecule has 1 fully saturated rings. The maximum Gasteiger partial charge on any atom is 0.322 e. The summed E-state index contributed by atoms with van der Waals surface area (Å²) in [5, 5.41) is 3.54. The number of halogens is 1. The lowest BCUT2D eigenvalue weighted by Crippen LogP contribution is -2.34. The normalized spacial score (nSPS) is 18.2. The van der Waals surface area contributed by atoms with Crippen molar-refractivity contribution < 1.29 is 9.21 Å². The molecule has 1 unspecified atom stereocenters. The number of urea groups is 1. The Hall–Kier alpha value is -1.94. The third kappa shape index (κ3) is 2.65. The van der Waals surface area contributed by atoms with Crippen LogP contribution in [-0.4, -0.2) is 17.5 Å². The van der Waals surface area contributed by atoms with Gasteiger partial charge in [-0.2, -0.15) is 0 Å². The van der Waals surface area contributed by atoms with Gasteiger partial charge in [-0.25, -0.2) is 4.79 Å². The molecule has 0 aliphatic carbocycles. The Morgan fingerprint density at radius 2 is 2.10 bits per heavy atom. The lowest BCUT2D eigenvalue weighted by Gasteiger charge is -2.23. The van der Waals surface area contributed by atoms with E-state index in [1.54, 1.807) is 30.5 Å². The van der Waals surface area contributed by atoms with Gasteiger partial charge >= 0.3 is 6.03 Å². The van der Waals surface area contributed by atoms with Gasteiger partial charge in [-0.1, -0.05) is 11.6 Å². The van der Waals surface area contributed by atoms with Crippen molar-refractivity contribution in [1.29, 1.82) is 0 Å². The molecule has 2 aromatic rings. The highest BCUT2D eigenvalue weighted by molar-refractivity contribution is 6.30. The summed E-state index contributed by atoms with van der Waals surface area (Å²) in [5.74, 6) is 0.841. The van der Waals surface area contributed by atoms with E-state index >= 15 is 0 Å². The van der Waals surface area contributed by atoms with Gasteiger partial charge in [-0.15, -0.1) is 0 Å². The van der Waals surface area contributed by atoms with E-state index in [1.807, 2.05) is 17.0 Å². The Morgan fingerprint density at radius 3 is 2.80 bits per heavy atom. The van der Waals surface area contributed by atoms with Gasteiger partial charge in [0.15, 0.2) is 0 Å². The highest BCUT2D eigenvalue weighted by atomic mass is 35.5. The molecule has 104 valence electrons. The van der Waals surface area contributed by atoms with Gasteiger partial charge in [0.25, 0.3) is 0 Å². The van der Waals surface area contributed by atoms with Crippen molar-refractivity contribution in [2.75, 3.05) is 11.9 Å². The number of carbonyl (C=O) groups excluding carboxylic acids is 1. The number of hydrogen-bond donors (Lipinski definition) is 1. The van der Waals surface area contributed by atoms with Crippen LogP contribution < -0.4 is 5.32 Å². The van der Waals surface area contributed by atoms with Crippen LogP contribution in [0.5, 0.6) is 0 Å². The van der Waals surface area contributed by atoms with Crippen molar-refractivity contribution in [2.45, 2.75) is 18.9 Å². The SMILES string of the molecule is O=C(Nc1ccc(Cl)cc1)N1CCCC1c1ccco1. The number of furan rings is 1. The summed E-state index contributed by atoms with van der Waals surface area (Å²) in [4.78, 5) is 14.2. The van der Waals surface area contributed by atoms with Crippen molar-refractivity contribution in [3.63, 3.8) is 0 Å². The van der Waals surface area contributed by atoms with Crippen LogP contribution in [0.25, 0.3) is 0 Å². The molecule has 3 rings (SSSR count). The average Bonchev–Trinajstić information content (AvgIpc) is 3.11. The van der Waals surface area contributed by atoms with Crippen LogP contribution in [0.2, 0.25) is 5.02 Å². The summed E-state index contributed by atoms with van der Waals surface area (Å²) < 4.78 is 5.42. The van der Waals surface area contributed by atoms with E-state index in [1.165, 1.54) is 0 Å². The first kappa shape index (κ1) is 13.1. The number of nitrogens with one attached hydrogen (secondary N) is 1.